The molecule has 0 N–H and O–H groups in total. The van der Waals surface area contributed by atoms with E-state index in [1.807, 2.05) is 58.9 Å². The molecule has 2 nitrogen and oxygen atoms in total. The van der Waals surface area contributed by atoms with E-state index in [9.17, 15) is 9.90 Å². The number of carbonyl (C=O) groups excluding carboxylic acids is 1. The Bertz CT molecular complexity index is 486. The van der Waals surface area contributed by atoms with Gasteiger partial charge in [-0.3, -0.25) is 4.79 Å². The fourth-order valence-corrected chi connectivity index (χ4v) is 3.00. The fourth-order valence-electron chi connectivity index (χ4n) is 3.00. The molecule has 0 aliphatic heterocycles. The van der Waals surface area contributed by atoms with Crippen LogP contribution in [0, 0.1) is 11.3 Å². The second-order valence-electron chi connectivity index (χ2n) is 6.84. The first-order valence-corrected chi connectivity index (χ1v) is 6.47. The summed E-state index contributed by atoms with van der Waals surface area (Å²) >= 11 is 0. The smallest absolute Gasteiger partial charge is 0.848 e. The molecule has 2 unspecified atom stereocenters. The standard InChI is InChI=1S/C16H21O2.Na/c1-15(2,3)12-13(17)10-8-6-7-9-11(10)16(4,5)14(12)18;/h6-9,12-13H,1-5H3;/q-1;+1. The summed E-state index contributed by atoms with van der Waals surface area (Å²) in [6, 6.07) is 7.57. The van der Waals surface area contributed by atoms with E-state index in [0.717, 1.165) is 11.1 Å². The van der Waals surface area contributed by atoms with Gasteiger partial charge < -0.3 is 5.11 Å². The van der Waals surface area contributed by atoms with Crippen LogP contribution >= 0.6 is 0 Å². The minimum absolute atomic E-state index is 0. The Morgan fingerprint density at radius 2 is 1.68 bits per heavy atom. The molecule has 1 aliphatic rings. The molecule has 0 fully saturated rings. The van der Waals surface area contributed by atoms with Crippen LogP contribution in [0.1, 0.15) is 51.8 Å². The molecule has 0 radical (unpaired) electrons. The van der Waals surface area contributed by atoms with E-state index in [-0.39, 0.29) is 40.8 Å². The van der Waals surface area contributed by atoms with Crippen LogP contribution in [0.4, 0.5) is 0 Å². The Balaban J connectivity index is 0.00000180. The summed E-state index contributed by atoms with van der Waals surface area (Å²) in [4.78, 5) is 12.7. The third kappa shape index (κ3) is 2.69. The minimum Gasteiger partial charge on any atom is -0.848 e. The van der Waals surface area contributed by atoms with Crippen LogP contribution in [0.5, 0.6) is 0 Å². The van der Waals surface area contributed by atoms with Crippen molar-refractivity contribution in [1.82, 2.24) is 0 Å². The van der Waals surface area contributed by atoms with Gasteiger partial charge in [0.25, 0.3) is 0 Å². The first kappa shape index (κ1) is 16.9. The van der Waals surface area contributed by atoms with Crippen molar-refractivity contribution in [2.75, 3.05) is 0 Å². The van der Waals surface area contributed by atoms with Crippen LogP contribution in [0.25, 0.3) is 0 Å². The van der Waals surface area contributed by atoms with Crippen molar-refractivity contribution in [3.63, 3.8) is 0 Å². The van der Waals surface area contributed by atoms with Crippen molar-refractivity contribution >= 4 is 5.78 Å². The normalized spacial score (nSPS) is 25.5. The molecule has 0 heterocycles. The number of Topliss-reactive ketones (excluding diaryl/α,β-unsaturated/α-hetero) is 1. The maximum Gasteiger partial charge on any atom is 1.00 e. The second-order valence-corrected chi connectivity index (χ2v) is 6.84. The average molecular weight is 268 g/mol. The molecular weight excluding hydrogens is 247 g/mol. The molecule has 0 saturated carbocycles. The third-order valence-corrected chi connectivity index (χ3v) is 4.07. The summed E-state index contributed by atoms with van der Waals surface area (Å²) in [6.07, 6.45) is -0.943. The summed E-state index contributed by atoms with van der Waals surface area (Å²) in [5, 5.41) is 12.6. The molecule has 1 aliphatic carbocycles. The van der Waals surface area contributed by atoms with E-state index in [4.69, 9.17) is 0 Å². The number of fused-ring (bicyclic) bond motifs is 1. The monoisotopic (exact) mass is 268 g/mol. The molecule has 0 amide bonds. The number of ketones is 1. The largest absolute Gasteiger partial charge is 1.00 e. The molecular formula is C16H21NaO2. The Labute approximate surface area is 137 Å². The predicted octanol–water partition coefficient (Wildman–Crippen LogP) is -0.385. The zero-order chi connectivity index (χ0) is 13.7. The quantitative estimate of drug-likeness (QED) is 0.602. The van der Waals surface area contributed by atoms with Gasteiger partial charge in [-0.1, -0.05) is 56.7 Å². The zero-order valence-electron chi connectivity index (χ0n) is 12.8. The van der Waals surface area contributed by atoms with Crippen molar-refractivity contribution < 1.29 is 39.5 Å². The van der Waals surface area contributed by atoms with Crippen molar-refractivity contribution in [3.8, 4) is 0 Å². The van der Waals surface area contributed by atoms with Gasteiger partial charge in [0.05, 0.1) is 0 Å². The van der Waals surface area contributed by atoms with E-state index in [0.29, 0.717) is 0 Å². The summed E-state index contributed by atoms with van der Waals surface area (Å²) in [6.45, 7) is 9.79. The van der Waals surface area contributed by atoms with Crippen LogP contribution in [0.2, 0.25) is 0 Å². The number of carbonyl (C=O) groups is 1. The molecule has 1 aromatic carbocycles. The van der Waals surface area contributed by atoms with E-state index in [2.05, 4.69) is 0 Å². The number of hydrogen-bond donors (Lipinski definition) is 0. The summed E-state index contributed by atoms with van der Waals surface area (Å²) in [5.41, 5.74) is 0.835. The zero-order valence-corrected chi connectivity index (χ0v) is 14.8. The SMILES string of the molecule is CC1(C)C(=O)C(C(C)(C)C)C([O-])c2ccccc21.[Na+]. The van der Waals surface area contributed by atoms with Gasteiger partial charge in [0.15, 0.2) is 0 Å². The van der Waals surface area contributed by atoms with Gasteiger partial charge in [-0.15, -0.1) is 0 Å². The summed E-state index contributed by atoms with van der Waals surface area (Å²) in [5.74, 6) is -0.379. The molecule has 19 heavy (non-hydrogen) atoms. The van der Waals surface area contributed by atoms with Gasteiger partial charge in [0, 0.05) is 11.3 Å². The Morgan fingerprint density at radius 3 is 2.21 bits per heavy atom. The minimum atomic E-state index is -0.943. The average Bonchev–Trinajstić information content (AvgIpc) is 2.25. The molecule has 0 saturated heterocycles. The number of hydrogen-bond acceptors (Lipinski definition) is 2. The van der Waals surface area contributed by atoms with Crippen LogP contribution in [-0.4, -0.2) is 5.78 Å². The van der Waals surface area contributed by atoms with Gasteiger partial charge in [0.1, 0.15) is 5.78 Å². The molecule has 98 valence electrons. The van der Waals surface area contributed by atoms with Gasteiger partial charge in [-0.25, -0.2) is 0 Å². The molecule has 1 aromatic rings. The molecule has 2 rings (SSSR count). The maximum atomic E-state index is 12.7. The fraction of sp³-hybridized carbons (Fsp3) is 0.562. The van der Waals surface area contributed by atoms with Crippen molar-refractivity contribution in [2.24, 2.45) is 11.3 Å². The van der Waals surface area contributed by atoms with Crippen molar-refractivity contribution in [2.45, 2.75) is 46.1 Å². The van der Waals surface area contributed by atoms with Crippen molar-refractivity contribution in [1.29, 1.82) is 0 Å². The first-order chi connectivity index (χ1) is 8.17. The topological polar surface area (TPSA) is 40.1 Å². The van der Waals surface area contributed by atoms with Gasteiger partial charge in [-0.05, 0) is 24.8 Å². The van der Waals surface area contributed by atoms with Crippen LogP contribution < -0.4 is 34.7 Å². The van der Waals surface area contributed by atoms with Gasteiger partial charge in [-0.2, -0.15) is 0 Å². The van der Waals surface area contributed by atoms with E-state index < -0.39 is 17.4 Å². The number of benzene rings is 1. The molecule has 3 heteroatoms. The number of rotatable bonds is 0. The van der Waals surface area contributed by atoms with Crippen LogP contribution in [0.15, 0.2) is 24.3 Å². The maximum absolute atomic E-state index is 12.7. The molecule has 0 spiro atoms. The summed E-state index contributed by atoms with van der Waals surface area (Å²) < 4.78 is 0. The molecule has 2 atom stereocenters. The third-order valence-electron chi connectivity index (χ3n) is 4.07. The Morgan fingerprint density at radius 1 is 1.16 bits per heavy atom. The van der Waals surface area contributed by atoms with Crippen molar-refractivity contribution in [3.05, 3.63) is 35.4 Å². The molecule has 0 aromatic heterocycles. The Kier molecular flexibility index (Phi) is 4.74. The van der Waals surface area contributed by atoms with E-state index in [1.54, 1.807) is 0 Å². The van der Waals surface area contributed by atoms with Crippen LogP contribution in [-0.2, 0) is 10.2 Å². The summed E-state index contributed by atoms with van der Waals surface area (Å²) in [7, 11) is 0. The Hall–Kier alpha value is -0.150. The molecule has 0 bridgehead atoms. The first-order valence-electron chi connectivity index (χ1n) is 6.47. The van der Waals surface area contributed by atoms with Gasteiger partial charge in [0.2, 0.25) is 0 Å². The van der Waals surface area contributed by atoms with E-state index in [1.165, 1.54) is 0 Å². The van der Waals surface area contributed by atoms with E-state index >= 15 is 0 Å². The predicted molar refractivity (Wildman–Crippen MR) is 70.2 cm³/mol. The van der Waals surface area contributed by atoms with Crippen LogP contribution in [0.3, 0.4) is 0 Å². The second kappa shape index (κ2) is 5.33. The van der Waals surface area contributed by atoms with Gasteiger partial charge >= 0.3 is 29.6 Å².